The van der Waals surface area contributed by atoms with E-state index in [1.165, 1.54) is 24.3 Å². The molecule has 2 aromatic carbocycles. The zero-order valence-corrected chi connectivity index (χ0v) is 13.8. The van der Waals surface area contributed by atoms with Gasteiger partial charge in [0.1, 0.15) is 5.82 Å². The Kier molecular flexibility index (Phi) is 6.07. The van der Waals surface area contributed by atoms with Gasteiger partial charge in [-0.15, -0.1) is 0 Å². The van der Waals surface area contributed by atoms with Crippen LogP contribution in [0.5, 0.6) is 0 Å². The fourth-order valence-corrected chi connectivity index (χ4v) is 2.42. The summed E-state index contributed by atoms with van der Waals surface area (Å²) in [6.45, 7) is 3.92. The Morgan fingerprint density at radius 3 is 2.21 bits per heavy atom. The molecule has 0 unspecified atom stereocenters. The number of para-hydroxylation sites is 1. The van der Waals surface area contributed by atoms with Crippen LogP contribution in [0.4, 0.5) is 15.8 Å². The topological polar surface area (TPSA) is 58.2 Å². The van der Waals surface area contributed by atoms with Gasteiger partial charge in [0.05, 0.1) is 11.3 Å². The lowest BCUT2D eigenvalue weighted by molar-refractivity contribution is -0.120. The van der Waals surface area contributed by atoms with Crippen molar-refractivity contribution in [3.8, 4) is 0 Å². The van der Waals surface area contributed by atoms with Gasteiger partial charge in [-0.1, -0.05) is 26.0 Å². The second kappa shape index (κ2) is 8.24. The Bertz CT molecular complexity index is 710. The maximum atomic E-state index is 12.9. The van der Waals surface area contributed by atoms with E-state index in [4.69, 9.17) is 0 Å². The molecular weight excluding hydrogens is 307 g/mol. The Morgan fingerprint density at radius 1 is 0.958 bits per heavy atom. The number of amides is 2. The van der Waals surface area contributed by atoms with Crippen molar-refractivity contribution in [3.63, 3.8) is 0 Å². The summed E-state index contributed by atoms with van der Waals surface area (Å²) in [4.78, 5) is 24.7. The predicted octanol–water partition coefficient (Wildman–Crippen LogP) is 4.45. The predicted molar refractivity (Wildman–Crippen MR) is 93.5 cm³/mol. The summed E-state index contributed by atoms with van der Waals surface area (Å²) in [6.07, 6.45) is 1.48. The van der Waals surface area contributed by atoms with Crippen LogP contribution in [0.25, 0.3) is 0 Å². The van der Waals surface area contributed by atoms with Crippen LogP contribution in [0.1, 0.15) is 37.0 Å². The van der Waals surface area contributed by atoms with Crippen LogP contribution in [0, 0.1) is 11.7 Å². The van der Waals surface area contributed by atoms with E-state index in [9.17, 15) is 14.0 Å². The molecule has 0 spiro atoms. The third-order valence-electron chi connectivity index (χ3n) is 3.89. The molecule has 2 aromatic rings. The van der Waals surface area contributed by atoms with Crippen molar-refractivity contribution in [3.05, 3.63) is 59.9 Å². The van der Waals surface area contributed by atoms with Crippen LogP contribution < -0.4 is 10.6 Å². The molecule has 0 aromatic heterocycles. The molecule has 126 valence electrons. The van der Waals surface area contributed by atoms with E-state index < -0.39 is 0 Å². The van der Waals surface area contributed by atoms with Crippen LogP contribution in [0.2, 0.25) is 0 Å². The molecule has 0 fully saturated rings. The SMILES string of the molecule is CCC(CC)C(=O)Nc1ccccc1C(=O)Nc1ccc(F)cc1. The Labute approximate surface area is 141 Å². The van der Waals surface area contributed by atoms with Gasteiger partial charge in [-0.05, 0) is 49.2 Å². The minimum absolute atomic E-state index is 0.0850. The normalized spacial score (nSPS) is 10.5. The van der Waals surface area contributed by atoms with Crippen LogP contribution >= 0.6 is 0 Å². The number of carbonyl (C=O) groups excluding carboxylic acids is 2. The molecule has 0 heterocycles. The zero-order chi connectivity index (χ0) is 17.5. The standard InChI is InChI=1S/C19H21FN2O2/c1-3-13(4-2)18(23)22-17-8-6-5-7-16(17)19(24)21-15-11-9-14(20)10-12-15/h5-13H,3-4H2,1-2H3,(H,21,24)(H,22,23). The minimum atomic E-state index is -0.370. The molecule has 0 aliphatic carbocycles. The zero-order valence-electron chi connectivity index (χ0n) is 13.8. The van der Waals surface area contributed by atoms with E-state index in [-0.39, 0.29) is 23.5 Å². The minimum Gasteiger partial charge on any atom is -0.325 e. The van der Waals surface area contributed by atoms with Crippen molar-refractivity contribution >= 4 is 23.2 Å². The highest BCUT2D eigenvalue weighted by atomic mass is 19.1. The van der Waals surface area contributed by atoms with Crippen LogP contribution in [0.3, 0.4) is 0 Å². The Morgan fingerprint density at radius 2 is 1.58 bits per heavy atom. The van der Waals surface area contributed by atoms with E-state index in [2.05, 4.69) is 10.6 Å². The van der Waals surface area contributed by atoms with E-state index in [1.54, 1.807) is 24.3 Å². The van der Waals surface area contributed by atoms with Crippen molar-refractivity contribution in [1.82, 2.24) is 0 Å². The van der Waals surface area contributed by atoms with Crippen molar-refractivity contribution in [2.45, 2.75) is 26.7 Å². The molecule has 2 rings (SSSR count). The van der Waals surface area contributed by atoms with Crippen molar-refractivity contribution in [2.24, 2.45) is 5.92 Å². The van der Waals surface area contributed by atoms with Gasteiger partial charge in [-0.25, -0.2) is 4.39 Å². The number of anilines is 2. The second-order valence-corrected chi connectivity index (χ2v) is 5.51. The maximum Gasteiger partial charge on any atom is 0.257 e. The summed E-state index contributed by atoms with van der Waals surface area (Å²) in [5.41, 5.74) is 1.32. The fourth-order valence-electron chi connectivity index (χ4n) is 2.42. The molecule has 2 N–H and O–H groups in total. The van der Waals surface area contributed by atoms with Gasteiger partial charge in [-0.3, -0.25) is 9.59 Å². The average molecular weight is 328 g/mol. The largest absolute Gasteiger partial charge is 0.325 e. The summed E-state index contributed by atoms with van der Waals surface area (Å²) in [5.74, 6) is -0.909. The van der Waals surface area contributed by atoms with Gasteiger partial charge >= 0.3 is 0 Å². The van der Waals surface area contributed by atoms with E-state index in [1.807, 2.05) is 13.8 Å². The first-order chi connectivity index (χ1) is 11.5. The van der Waals surface area contributed by atoms with Gasteiger partial charge in [0.25, 0.3) is 5.91 Å². The van der Waals surface area contributed by atoms with E-state index in [0.717, 1.165) is 12.8 Å². The summed E-state index contributed by atoms with van der Waals surface area (Å²) in [6, 6.07) is 12.3. The second-order valence-electron chi connectivity index (χ2n) is 5.51. The molecule has 0 saturated heterocycles. The monoisotopic (exact) mass is 328 g/mol. The highest BCUT2D eigenvalue weighted by Gasteiger charge is 2.18. The highest BCUT2D eigenvalue weighted by molar-refractivity contribution is 6.10. The van der Waals surface area contributed by atoms with Gasteiger partial charge < -0.3 is 10.6 Å². The lowest BCUT2D eigenvalue weighted by atomic mass is 10.0. The van der Waals surface area contributed by atoms with Crippen molar-refractivity contribution in [2.75, 3.05) is 10.6 Å². The van der Waals surface area contributed by atoms with Crippen LogP contribution in [0.15, 0.2) is 48.5 Å². The first-order valence-electron chi connectivity index (χ1n) is 8.02. The van der Waals surface area contributed by atoms with Gasteiger partial charge in [0.15, 0.2) is 0 Å². The molecule has 0 saturated carbocycles. The van der Waals surface area contributed by atoms with Crippen molar-refractivity contribution < 1.29 is 14.0 Å². The summed E-state index contributed by atoms with van der Waals surface area (Å²) in [5, 5.41) is 5.53. The number of rotatable bonds is 6. The van der Waals surface area contributed by atoms with Crippen LogP contribution in [-0.4, -0.2) is 11.8 Å². The van der Waals surface area contributed by atoms with Gasteiger partial charge in [-0.2, -0.15) is 0 Å². The molecule has 0 bridgehead atoms. The van der Waals surface area contributed by atoms with Gasteiger partial charge in [0, 0.05) is 11.6 Å². The molecule has 24 heavy (non-hydrogen) atoms. The van der Waals surface area contributed by atoms with Crippen molar-refractivity contribution in [1.29, 1.82) is 0 Å². The smallest absolute Gasteiger partial charge is 0.257 e. The third-order valence-corrected chi connectivity index (χ3v) is 3.89. The molecule has 2 amide bonds. The molecule has 0 atom stereocenters. The number of nitrogens with one attached hydrogen (secondary N) is 2. The van der Waals surface area contributed by atoms with Gasteiger partial charge in [0.2, 0.25) is 5.91 Å². The number of benzene rings is 2. The number of carbonyl (C=O) groups is 2. The van der Waals surface area contributed by atoms with Crippen LogP contribution in [-0.2, 0) is 4.79 Å². The third kappa shape index (κ3) is 4.41. The number of hydrogen-bond acceptors (Lipinski definition) is 2. The lowest BCUT2D eigenvalue weighted by Gasteiger charge is -2.15. The first kappa shape index (κ1) is 17.7. The average Bonchev–Trinajstić information content (AvgIpc) is 2.58. The molecule has 0 radical (unpaired) electrons. The highest BCUT2D eigenvalue weighted by Crippen LogP contribution is 2.20. The first-order valence-corrected chi connectivity index (χ1v) is 8.02. The maximum absolute atomic E-state index is 12.9. The summed E-state index contributed by atoms with van der Waals surface area (Å²) in [7, 11) is 0. The summed E-state index contributed by atoms with van der Waals surface area (Å²) >= 11 is 0. The molecule has 0 aliphatic heterocycles. The quantitative estimate of drug-likeness (QED) is 0.823. The number of halogens is 1. The van der Waals surface area contributed by atoms with E-state index in [0.29, 0.717) is 16.9 Å². The molecular formula is C19H21FN2O2. The fraction of sp³-hybridized carbons (Fsp3) is 0.263. The molecule has 4 nitrogen and oxygen atoms in total. The summed E-state index contributed by atoms with van der Waals surface area (Å²) < 4.78 is 12.9. The molecule has 0 aliphatic rings. The molecule has 5 heteroatoms. The Balaban J connectivity index is 2.17. The Hall–Kier alpha value is -2.69. The number of hydrogen-bond donors (Lipinski definition) is 2. The van der Waals surface area contributed by atoms with E-state index >= 15 is 0 Å². The lowest BCUT2D eigenvalue weighted by Crippen LogP contribution is -2.24.